The van der Waals surface area contributed by atoms with Crippen molar-refractivity contribution in [3.8, 4) is 0 Å². The second-order valence-corrected chi connectivity index (χ2v) is 7.19. The number of piperidine rings is 1. The molecule has 3 rings (SSSR count). The Labute approximate surface area is 175 Å². The fourth-order valence-corrected chi connectivity index (χ4v) is 3.27. The lowest BCUT2D eigenvalue weighted by atomic mass is 9.95. The third kappa shape index (κ3) is 5.27. The Kier molecular flexibility index (Phi) is 7.64. The minimum Gasteiger partial charge on any atom is -0.454 e. The number of carbonyl (C=O) groups excluding carboxylic acids is 2. The molecular weight excluding hydrogens is 398 g/mol. The van der Waals surface area contributed by atoms with Crippen LogP contribution < -0.4 is 16.3 Å². The largest absolute Gasteiger partial charge is 0.454 e. The lowest BCUT2D eigenvalue weighted by Gasteiger charge is -2.22. The molecule has 0 aromatic carbocycles. The molecule has 1 aliphatic rings. The maximum Gasteiger partial charge on any atom is 0.349 e. The van der Waals surface area contributed by atoms with Gasteiger partial charge in [-0.25, -0.2) is 4.79 Å². The molecule has 2 aromatic rings. The molecule has 2 aromatic heterocycles. The van der Waals surface area contributed by atoms with Gasteiger partial charge in [0.25, 0.3) is 11.8 Å². The molecule has 2 N–H and O–H groups in total. The zero-order valence-corrected chi connectivity index (χ0v) is 17.6. The first-order valence-electron chi connectivity index (χ1n) is 9.30. The number of aryl methyl sites for hydroxylation is 1. The first-order valence-corrected chi connectivity index (χ1v) is 9.30. The van der Waals surface area contributed by atoms with Crippen LogP contribution in [0.3, 0.4) is 0 Å². The summed E-state index contributed by atoms with van der Waals surface area (Å²) in [6.07, 6.45) is 1.98. The highest BCUT2D eigenvalue weighted by molar-refractivity contribution is 5.95. The van der Waals surface area contributed by atoms with Gasteiger partial charge in [0.15, 0.2) is 5.76 Å². The first kappa shape index (κ1) is 22.7. The van der Waals surface area contributed by atoms with Gasteiger partial charge in [-0.2, -0.15) is 0 Å². The fraction of sp³-hybridized carbons (Fsp3) is 0.450. The summed E-state index contributed by atoms with van der Waals surface area (Å²) in [6.45, 7) is 3.52. The zero-order chi connectivity index (χ0) is 20.3. The van der Waals surface area contributed by atoms with Crippen LogP contribution in [0.1, 0.15) is 56.8 Å². The van der Waals surface area contributed by atoms with Crippen molar-refractivity contribution in [1.82, 2.24) is 15.5 Å². The topological polar surface area (TPSA) is 105 Å². The summed E-state index contributed by atoms with van der Waals surface area (Å²) in [6, 6.07) is 4.94. The quantitative estimate of drug-likeness (QED) is 0.762. The Hall–Kier alpha value is -2.58. The molecule has 1 saturated heterocycles. The van der Waals surface area contributed by atoms with Gasteiger partial charge >= 0.3 is 5.63 Å². The summed E-state index contributed by atoms with van der Waals surface area (Å²) in [5.74, 6) is 0.580. The van der Waals surface area contributed by atoms with E-state index in [4.69, 9.17) is 8.83 Å². The van der Waals surface area contributed by atoms with Crippen LogP contribution in [0.2, 0.25) is 0 Å². The molecule has 1 fully saturated rings. The molecule has 0 aliphatic carbocycles. The number of hydrogen-bond acceptors (Lipinski definition) is 6. The maximum absolute atomic E-state index is 12.5. The van der Waals surface area contributed by atoms with Crippen molar-refractivity contribution in [3.63, 3.8) is 0 Å². The van der Waals surface area contributed by atoms with Crippen LogP contribution in [0.25, 0.3) is 0 Å². The van der Waals surface area contributed by atoms with Crippen LogP contribution in [-0.4, -0.2) is 43.9 Å². The van der Waals surface area contributed by atoms with Crippen molar-refractivity contribution in [2.24, 2.45) is 0 Å². The Bertz CT molecular complexity index is 928. The van der Waals surface area contributed by atoms with Crippen LogP contribution >= 0.6 is 12.4 Å². The Morgan fingerprint density at radius 2 is 2.03 bits per heavy atom. The molecular formula is C20H26ClN3O5. The summed E-state index contributed by atoms with van der Waals surface area (Å²) >= 11 is 0. The Morgan fingerprint density at radius 1 is 1.28 bits per heavy atom. The van der Waals surface area contributed by atoms with Gasteiger partial charge < -0.3 is 24.4 Å². The third-order valence-electron chi connectivity index (χ3n) is 4.80. The van der Waals surface area contributed by atoms with Crippen LogP contribution in [0.4, 0.5) is 0 Å². The van der Waals surface area contributed by atoms with Crippen LogP contribution in [0, 0.1) is 6.92 Å². The van der Waals surface area contributed by atoms with E-state index >= 15 is 0 Å². The average Bonchev–Trinajstić information content (AvgIpc) is 3.14. The van der Waals surface area contributed by atoms with Gasteiger partial charge in [-0.15, -0.1) is 12.4 Å². The Morgan fingerprint density at radius 3 is 2.66 bits per heavy atom. The predicted molar refractivity (Wildman–Crippen MR) is 110 cm³/mol. The van der Waals surface area contributed by atoms with Crippen LogP contribution in [-0.2, 0) is 6.54 Å². The summed E-state index contributed by atoms with van der Waals surface area (Å²) in [5.41, 5.74) is -0.0677. The molecule has 3 heterocycles. The molecule has 1 aliphatic heterocycles. The van der Waals surface area contributed by atoms with Gasteiger partial charge in [0.05, 0.1) is 6.54 Å². The van der Waals surface area contributed by atoms with Crippen LogP contribution in [0.5, 0.6) is 0 Å². The molecule has 0 spiro atoms. The van der Waals surface area contributed by atoms with Gasteiger partial charge in [0, 0.05) is 26.6 Å². The number of carbonyl (C=O) groups is 2. The first-order chi connectivity index (χ1) is 13.4. The minimum atomic E-state index is -0.638. The Balaban J connectivity index is 0.00000300. The van der Waals surface area contributed by atoms with E-state index in [0.717, 1.165) is 25.9 Å². The van der Waals surface area contributed by atoms with E-state index < -0.39 is 11.5 Å². The number of amides is 2. The summed E-state index contributed by atoms with van der Waals surface area (Å²) in [4.78, 5) is 38.2. The molecule has 0 radical (unpaired) electrons. The number of hydrogen-bond donors (Lipinski definition) is 2. The molecule has 9 heteroatoms. The molecule has 0 bridgehead atoms. The van der Waals surface area contributed by atoms with Gasteiger partial charge in [0.1, 0.15) is 17.1 Å². The summed E-state index contributed by atoms with van der Waals surface area (Å²) in [7, 11) is 3.25. The van der Waals surface area contributed by atoms with Gasteiger partial charge in [-0.3, -0.25) is 9.59 Å². The number of nitrogens with one attached hydrogen (secondary N) is 2. The van der Waals surface area contributed by atoms with Gasteiger partial charge in [-0.1, -0.05) is 0 Å². The number of halogens is 1. The van der Waals surface area contributed by atoms with Crippen molar-refractivity contribution in [2.45, 2.75) is 32.2 Å². The van der Waals surface area contributed by atoms with Crippen molar-refractivity contribution in [3.05, 3.63) is 57.0 Å². The van der Waals surface area contributed by atoms with Crippen molar-refractivity contribution < 1.29 is 18.4 Å². The minimum absolute atomic E-state index is 0. The lowest BCUT2D eigenvalue weighted by Crippen LogP contribution is -2.31. The smallest absolute Gasteiger partial charge is 0.349 e. The third-order valence-corrected chi connectivity index (χ3v) is 4.80. The highest BCUT2D eigenvalue weighted by atomic mass is 35.5. The summed E-state index contributed by atoms with van der Waals surface area (Å²) in [5, 5.41) is 5.93. The van der Waals surface area contributed by atoms with E-state index in [9.17, 15) is 14.4 Å². The van der Waals surface area contributed by atoms with E-state index in [-0.39, 0.29) is 42.1 Å². The lowest BCUT2D eigenvalue weighted by molar-refractivity contribution is 0.0794. The summed E-state index contributed by atoms with van der Waals surface area (Å²) < 4.78 is 10.9. The molecule has 29 heavy (non-hydrogen) atoms. The van der Waals surface area contributed by atoms with Gasteiger partial charge in [0.2, 0.25) is 0 Å². The standard InChI is InChI=1S/C20H25N3O5.ClH/c1-12-9-16(13-5-4-8-21-10-13)28-20(26)17(12)18(24)22-11-14-6-7-15(27-14)19(25)23(2)3;/h6-7,9,13,21H,4-5,8,10-11H2,1-3H3,(H,22,24);1H. The number of rotatable bonds is 5. The van der Waals surface area contributed by atoms with E-state index in [1.807, 2.05) is 0 Å². The average molecular weight is 424 g/mol. The predicted octanol–water partition coefficient (Wildman–Crippen LogP) is 2.06. The van der Waals surface area contributed by atoms with Gasteiger partial charge in [-0.05, 0) is 50.1 Å². The second-order valence-electron chi connectivity index (χ2n) is 7.19. The number of furan rings is 1. The van der Waals surface area contributed by atoms with Crippen molar-refractivity contribution in [2.75, 3.05) is 27.2 Å². The monoisotopic (exact) mass is 423 g/mol. The maximum atomic E-state index is 12.5. The van der Waals surface area contributed by atoms with Crippen molar-refractivity contribution >= 4 is 24.2 Å². The molecule has 8 nitrogen and oxygen atoms in total. The molecule has 2 amide bonds. The van der Waals surface area contributed by atoms with E-state index in [1.165, 1.54) is 4.90 Å². The highest BCUT2D eigenvalue weighted by Gasteiger charge is 2.22. The van der Waals surface area contributed by atoms with Crippen molar-refractivity contribution in [1.29, 1.82) is 0 Å². The normalized spacial score (nSPS) is 16.0. The van der Waals surface area contributed by atoms with E-state index in [0.29, 0.717) is 17.1 Å². The fourth-order valence-electron chi connectivity index (χ4n) is 3.27. The van der Waals surface area contributed by atoms with E-state index in [2.05, 4.69) is 10.6 Å². The molecule has 158 valence electrons. The molecule has 0 saturated carbocycles. The molecule has 1 unspecified atom stereocenters. The SMILES string of the molecule is Cc1cc(C2CCCNC2)oc(=O)c1C(=O)NCc1ccc(C(=O)N(C)C)o1.Cl. The van der Waals surface area contributed by atoms with Crippen LogP contribution in [0.15, 0.2) is 31.8 Å². The number of nitrogens with zero attached hydrogens (tertiary/aromatic N) is 1. The zero-order valence-electron chi connectivity index (χ0n) is 16.7. The van der Waals surface area contributed by atoms with E-state index in [1.54, 1.807) is 39.2 Å². The molecule has 1 atom stereocenters. The second kappa shape index (κ2) is 9.76. The highest BCUT2D eigenvalue weighted by Crippen LogP contribution is 2.23.